The fraction of sp³-hybridized carbons (Fsp3) is 0.481. The summed E-state index contributed by atoms with van der Waals surface area (Å²) in [6, 6.07) is 9.12. The molecule has 0 aliphatic carbocycles. The highest BCUT2D eigenvalue weighted by molar-refractivity contribution is 8.13. The quantitative estimate of drug-likeness (QED) is 0.0993. The van der Waals surface area contributed by atoms with Crippen LogP contribution < -0.4 is 21.4 Å². The van der Waals surface area contributed by atoms with Gasteiger partial charge in [-0.15, -0.1) is 5.73 Å². The van der Waals surface area contributed by atoms with Gasteiger partial charge in [-0.05, 0) is 32.4 Å². The molecule has 1 saturated heterocycles. The number of nitrogens with zero attached hydrogens (tertiary/aromatic N) is 1. The molecular weight excluding hydrogens is 587 g/mol. The van der Waals surface area contributed by atoms with Crippen molar-refractivity contribution in [3.8, 4) is 0 Å². The molecule has 0 radical (unpaired) electrons. The van der Waals surface area contributed by atoms with Crippen molar-refractivity contribution in [2.24, 2.45) is 5.41 Å². The molecule has 0 spiro atoms. The largest absolute Gasteiger partial charge is 0.395 e. The Bertz CT molecular complexity index is 1460. The zero-order chi connectivity index (χ0) is 31.1. The first-order chi connectivity index (χ1) is 19.8. The van der Waals surface area contributed by atoms with Crippen LogP contribution in [0.2, 0.25) is 0 Å². The number of aryl methyl sites for hydroxylation is 1. The summed E-state index contributed by atoms with van der Waals surface area (Å²) in [5.41, 5.74) is -1.25. The standard InChI is InChI=1S/C27H37N4O9PS/c1-5-11-27(37)21(33)20(40-23(27)31-15-18(2)22(34)30-25(31)36)16-39-41(38,29-14-19-9-7-6-8-10-19)28-12-13-42-24(35)26(3,4)17-32/h6-11,15,20-21,23,32-33,37H,1,12-14,16-17H2,2-4H3,(H2,28,29,38)(H,30,34,36)/t20-,21-,23-,27-,41?/m1/s1. The first-order valence-electron chi connectivity index (χ1n) is 13.1. The number of thioether (sulfide) groups is 1. The molecule has 2 heterocycles. The number of rotatable bonds is 14. The molecule has 0 bridgehead atoms. The average molecular weight is 625 g/mol. The predicted molar refractivity (Wildman–Crippen MR) is 158 cm³/mol. The lowest BCUT2D eigenvalue weighted by Gasteiger charge is -2.28. The molecule has 5 atom stereocenters. The highest BCUT2D eigenvalue weighted by Crippen LogP contribution is 2.43. The Labute approximate surface area is 247 Å². The molecule has 42 heavy (non-hydrogen) atoms. The van der Waals surface area contributed by atoms with Crippen LogP contribution in [0, 0.1) is 12.3 Å². The number of ether oxygens (including phenoxy) is 1. The summed E-state index contributed by atoms with van der Waals surface area (Å²) in [6.07, 6.45) is -2.22. The van der Waals surface area contributed by atoms with Crippen molar-refractivity contribution >= 4 is 24.5 Å². The van der Waals surface area contributed by atoms with Gasteiger partial charge in [-0.2, -0.15) is 0 Å². The van der Waals surface area contributed by atoms with Crippen molar-refractivity contribution in [2.75, 3.05) is 25.5 Å². The van der Waals surface area contributed by atoms with E-state index in [0.29, 0.717) is 0 Å². The van der Waals surface area contributed by atoms with Gasteiger partial charge in [0, 0.05) is 30.6 Å². The van der Waals surface area contributed by atoms with E-state index in [1.807, 2.05) is 30.3 Å². The van der Waals surface area contributed by atoms with Crippen molar-refractivity contribution in [3.63, 3.8) is 0 Å². The topological polar surface area (TPSA) is 192 Å². The van der Waals surface area contributed by atoms with Gasteiger partial charge in [0.1, 0.15) is 12.2 Å². The SMILES string of the molecule is C=C=C[C@@]1(O)[C@H](O)[C@@H](COP(=O)(NCCSC(=O)C(C)(C)CO)NCc2ccccc2)O[C@H]1n1cc(C)c(=O)[nH]c1=O. The summed E-state index contributed by atoms with van der Waals surface area (Å²) >= 11 is 0.975. The van der Waals surface area contributed by atoms with Crippen LogP contribution in [0.5, 0.6) is 0 Å². The molecular formula is C27H37N4O9PS. The predicted octanol–water partition coefficient (Wildman–Crippen LogP) is 0.958. The minimum Gasteiger partial charge on any atom is -0.395 e. The van der Waals surface area contributed by atoms with E-state index in [4.69, 9.17) is 9.26 Å². The molecule has 1 unspecified atom stereocenters. The Morgan fingerprint density at radius 2 is 2.02 bits per heavy atom. The van der Waals surface area contributed by atoms with Crippen LogP contribution in [-0.2, 0) is 25.2 Å². The molecule has 0 amide bonds. The number of benzene rings is 1. The highest BCUT2D eigenvalue weighted by atomic mass is 32.2. The second kappa shape index (κ2) is 14.2. The number of aliphatic hydroxyl groups excluding tert-OH is 2. The third-order valence-electron chi connectivity index (χ3n) is 6.61. The van der Waals surface area contributed by atoms with E-state index in [1.54, 1.807) is 13.8 Å². The summed E-state index contributed by atoms with van der Waals surface area (Å²) in [7, 11) is -3.85. The second-order valence-electron chi connectivity index (χ2n) is 10.4. The Kier molecular flexibility index (Phi) is 11.5. The maximum atomic E-state index is 13.8. The normalized spacial score (nSPS) is 23.7. The molecule has 15 heteroatoms. The van der Waals surface area contributed by atoms with Gasteiger partial charge >= 0.3 is 13.4 Å². The summed E-state index contributed by atoms with van der Waals surface area (Å²) in [5.74, 6) is 0.228. The van der Waals surface area contributed by atoms with Crippen molar-refractivity contribution in [3.05, 3.63) is 86.9 Å². The lowest BCUT2D eigenvalue weighted by molar-refractivity contribution is -0.119. The molecule has 1 aliphatic heterocycles. The molecule has 2 aromatic rings. The summed E-state index contributed by atoms with van der Waals surface area (Å²) in [5, 5.41) is 37.2. The van der Waals surface area contributed by atoms with Crippen molar-refractivity contribution in [2.45, 2.75) is 51.4 Å². The fourth-order valence-corrected chi connectivity index (χ4v) is 6.45. The minimum absolute atomic E-state index is 0.0862. The third-order valence-corrected chi connectivity index (χ3v) is 9.56. The Morgan fingerprint density at radius 1 is 1.33 bits per heavy atom. The first-order valence-corrected chi connectivity index (χ1v) is 15.7. The van der Waals surface area contributed by atoms with Gasteiger partial charge in [0.15, 0.2) is 16.9 Å². The molecule has 1 aromatic heterocycles. The van der Waals surface area contributed by atoms with Crippen molar-refractivity contribution in [1.82, 2.24) is 19.7 Å². The van der Waals surface area contributed by atoms with Crippen LogP contribution in [-0.4, -0.2) is 73.3 Å². The fourth-order valence-electron chi connectivity index (χ4n) is 4.01. The molecule has 1 aliphatic rings. The number of carbonyl (C=O) groups is 1. The van der Waals surface area contributed by atoms with Crippen molar-refractivity contribution in [1.29, 1.82) is 0 Å². The third kappa shape index (κ3) is 8.06. The molecule has 13 nitrogen and oxygen atoms in total. The van der Waals surface area contributed by atoms with Crippen molar-refractivity contribution < 1.29 is 33.9 Å². The van der Waals surface area contributed by atoms with E-state index in [-0.39, 0.29) is 36.1 Å². The molecule has 230 valence electrons. The average Bonchev–Trinajstić information content (AvgIpc) is 3.20. The summed E-state index contributed by atoms with van der Waals surface area (Å²) < 4.78 is 26.3. The number of hydrogen-bond donors (Lipinski definition) is 6. The lowest BCUT2D eigenvalue weighted by Crippen LogP contribution is -2.48. The number of aromatic amines is 1. The Morgan fingerprint density at radius 3 is 2.67 bits per heavy atom. The van der Waals surface area contributed by atoms with E-state index in [9.17, 15) is 34.3 Å². The first kappa shape index (κ1) is 33.9. The van der Waals surface area contributed by atoms with Gasteiger partial charge in [0.25, 0.3) is 5.56 Å². The Hall–Kier alpha value is -2.61. The number of aromatic nitrogens is 2. The zero-order valence-electron chi connectivity index (χ0n) is 23.6. The van der Waals surface area contributed by atoms with E-state index in [2.05, 4.69) is 27.5 Å². The molecule has 1 fully saturated rings. The van der Waals surface area contributed by atoms with E-state index in [1.165, 1.54) is 13.1 Å². The maximum Gasteiger partial charge on any atom is 0.341 e. The summed E-state index contributed by atoms with van der Waals surface area (Å²) in [6.45, 7) is 7.58. The number of nitrogens with one attached hydrogen (secondary N) is 3. The van der Waals surface area contributed by atoms with Gasteiger partial charge in [-0.25, -0.2) is 15.0 Å². The number of hydrogen-bond acceptors (Lipinski definition) is 10. The van der Waals surface area contributed by atoms with Gasteiger partial charge in [-0.3, -0.25) is 23.7 Å². The van der Waals surface area contributed by atoms with Gasteiger partial charge in [0.05, 0.1) is 18.6 Å². The van der Waals surface area contributed by atoms with Gasteiger partial charge in [-0.1, -0.05) is 48.7 Å². The zero-order valence-corrected chi connectivity index (χ0v) is 25.3. The molecule has 3 rings (SSSR count). The number of aliphatic hydroxyl groups is 3. The molecule has 1 aromatic carbocycles. The van der Waals surface area contributed by atoms with Crippen LogP contribution in [0.1, 0.15) is 31.2 Å². The highest BCUT2D eigenvalue weighted by Gasteiger charge is 2.55. The maximum absolute atomic E-state index is 13.8. The van der Waals surface area contributed by atoms with Gasteiger partial charge in [0.2, 0.25) is 0 Å². The van der Waals surface area contributed by atoms with Crippen LogP contribution in [0.3, 0.4) is 0 Å². The van der Waals surface area contributed by atoms with Crippen LogP contribution in [0.15, 0.2) is 64.5 Å². The van der Waals surface area contributed by atoms with E-state index >= 15 is 0 Å². The van der Waals surface area contributed by atoms with E-state index in [0.717, 1.165) is 28.0 Å². The minimum atomic E-state index is -3.85. The molecule has 0 saturated carbocycles. The van der Waals surface area contributed by atoms with Gasteiger partial charge < -0.3 is 24.6 Å². The number of carbonyl (C=O) groups excluding carboxylic acids is 1. The smallest absolute Gasteiger partial charge is 0.341 e. The van der Waals surface area contributed by atoms with Crippen LogP contribution >= 0.6 is 19.4 Å². The molecule has 6 N–H and O–H groups in total. The Balaban J connectivity index is 1.78. The lowest BCUT2D eigenvalue weighted by atomic mass is 9.94. The van der Waals surface area contributed by atoms with Crippen LogP contribution in [0.25, 0.3) is 0 Å². The monoisotopic (exact) mass is 624 g/mol. The van der Waals surface area contributed by atoms with Crippen LogP contribution in [0.4, 0.5) is 0 Å². The van der Waals surface area contributed by atoms with E-state index < -0.39 is 55.0 Å². The summed E-state index contributed by atoms with van der Waals surface area (Å²) in [4.78, 5) is 38.9. The number of H-pyrrole nitrogens is 1. The second-order valence-corrected chi connectivity index (χ2v) is 13.5.